The molecule has 1 N–H and O–H groups in total. The Morgan fingerprint density at radius 1 is 1.06 bits per heavy atom. The van der Waals surface area contributed by atoms with Crippen LogP contribution in [0.5, 0.6) is 5.75 Å². The first-order valence-corrected chi connectivity index (χ1v) is 10.4. The van der Waals surface area contributed by atoms with E-state index in [0.717, 1.165) is 22.0 Å². The van der Waals surface area contributed by atoms with Crippen molar-refractivity contribution in [3.8, 4) is 5.75 Å². The molecule has 3 rings (SSSR count). The minimum atomic E-state index is -4.43. The minimum absolute atomic E-state index is 0.00447. The molecule has 0 fully saturated rings. The number of nitrogens with one attached hydrogen (secondary N) is 1. The molecule has 0 atom stereocenters. The number of halogens is 3. The number of amides is 1. The summed E-state index contributed by atoms with van der Waals surface area (Å²) < 4.78 is 49.5. The Kier molecular flexibility index (Phi) is 7.34. The average molecular weight is 474 g/mol. The number of methoxy groups -OCH3 is 2. The second-order valence-electron chi connectivity index (χ2n) is 7.91. The van der Waals surface area contributed by atoms with Gasteiger partial charge in [-0.2, -0.15) is 13.2 Å². The van der Waals surface area contributed by atoms with Gasteiger partial charge in [0.1, 0.15) is 5.75 Å². The normalized spacial score (nSPS) is 12.0. The molecule has 0 aliphatic heterocycles. The quantitative estimate of drug-likeness (QED) is 0.395. The number of allylic oxidation sites excluding steroid dienone is 1. The van der Waals surface area contributed by atoms with E-state index in [9.17, 15) is 22.8 Å². The molecule has 9 heteroatoms. The molecule has 34 heavy (non-hydrogen) atoms. The van der Waals surface area contributed by atoms with E-state index in [4.69, 9.17) is 9.47 Å². The van der Waals surface area contributed by atoms with Crippen LogP contribution in [-0.2, 0) is 18.2 Å². The number of carbonyl (C=O) groups excluding carboxylic acids is 2. The Labute approximate surface area is 195 Å². The molecule has 1 aromatic heterocycles. The molecule has 0 unspecified atom stereocenters. The van der Waals surface area contributed by atoms with Gasteiger partial charge in [-0.15, -0.1) is 0 Å². The third-order valence-electron chi connectivity index (χ3n) is 5.36. The van der Waals surface area contributed by atoms with Gasteiger partial charge in [0.2, 0.25) is 0 Å². The van der Waals surface area contributed by atoms with Crippen molar-refractivity contribution in [2.45, 2.75) is 19.5 Å². The number of carbonyl (C=O) groups is 2. The maximum atomic E-state index is 12.6. The standard InChI is InChI=1S/C25H25F3N2O4/c1-15(12-25(26,27)28)13-29-23(31)17-7-8-21-20(10-17)19(14-30(21)2)9-16-5-6-18(24(32)34-4)11-22(16)33-3/h5-8,10-12,14H,9,13H2,1-4H3,(H,29,31)/b15-12-. The van der Waals surface area contributed by atoms with Gasteiger partial charge in [0.15, 0.2) is 0 Å². The molecule has 0 aliphatic rings. The molecule has 0 bridgehead atoms. The van der Waals surface area contributed by atoms with E-state index in [1.54, 1.807) is 36.4 Å². The van der Waals surface area contributed by atoms with Crippen molar-refractivity contribution in [1.82, 2.24) is 9.88 Å². The van der Waals surface area contributed by atoms with E-state index >= 15 is 0 Å². The Balaban J connectivity index is 1.88. The minimum Gasteiger partial charge on any atom is -0.496 e. The third kappa shape index (κ3) is 5.78. The van der Waals surface area contributed by atoms with E-state index in [1.165, 1.54) is 21.1 Å². The lowest BCUT2D eigenvalue weighted by molar-refractivity contribution is -0.0805. The van der Waals surface area contributed by atoms with E-state index in [0.29, 0.717) is 23.3 Å². The van der Waals surface area contributed by atoms with Crippen LogP contribution in [0.3, 0.4) is 0 Å². The summed E-state index contributed by atoms with van der Waals surface area (Å²) in [6.45, 7) is 1.10. The number of fused-ring (bicyclic) bond motifs is 1. The fraction of sp³-hybridized carbons (Fsp3) is 0.280. The van der Waals surface area contributed by atoms with Crippen LogP contribution in [0.25, 0.3) is 10.9 Å². The number of ether oxygens (including phenoxy) is 2. The number of aryl methyl sites for hydroxylation is 1. The molecule has 0 radical (unpaired) electrons. The molecule has 3 aromatic rings. The lowest BCUT2D eigenvalue weighted by Crippen LogP contribution is -2.25. The highest BCUT2D eigenvalue weighted by Gasteiger charge is 2.23. The van der Waals surface area contributed by atoms with Crippen LogP contribution in [0.15, 0.2) is 54.2 Å². The maximum absolute atomic E-state index is 12.6. The molecule has 2 aromatic carbocycles. The Hall–Kier alpha value is -3.75. The van der Waals surface area contributed by atoms with Crippen molar-refractivity contribution in [2.75, 3.05) is 20.8 Å². The molecule has 0 spiro atoms. The molecular formula is C25H25F3N2O4. The second kappa shape index (κ2) is 10.0. The SMILES string of the molecule is COC(=O)c1ccc(Cc2cn(C)c3ccc(C(=O)NC/C(C)=C\C(F)(F)F)cc23)c(OC)c1. The summed E-state index contributed by atoms with van der Waals surface area (Å²) in [5, 5.41) is 3.36. The van der Waals surface area contributed by atoms with Crippen molar-refractivity contribution in [1.29, 1.82) is 0 Å². The number of esters is 1. The van der Waals surface area contributed by atoms with Gasteiger partial charge in [-0.25, -0.2) is 4.79 Å². The van der Waals surface area contributed by atoms with Crippen LogP contribution in [0.4, 0.5) is 13.2 Å². The number of alkyl halides is 3. The zero-order chi connectivity index (χ0) is 25.0. The summed E-state index contributed by atoms with van der Waals surface area (Å²) in [4.78, 5) is 24.4. The monoisotopic (exact) mass is 474 g/mol. The molecule has 6 nitrogen and oxygen atoms in total. The largest absolute Gasteiger partial charge is 0.496 e. The molecule has 1 amide bonds. The number of hydrogen-bond donors (Lipinski definition) is 1. The third-order valence-corrected chi connectivity index (χ3v) is 5.36. The summed E-state index contributed by atoms with van der Waals surface area (Å²) in [6, 6.07) is 10.2. The van der Waals surface area contributed by atoms with Crippen LogP contribution >= 0.6 is 0 Å². The van der Waals surface area contributed by atoms with Gasteiger partial charge < -0.3 is 19.4 Å². The van der Waals surface area contributed by atoms with E-state index in [1.807, 2.05) is 17.8 Å². The second-order valence-corrected chi connectivity index (χ2v) is 7.91. The highest BCUT2D eigenvalue weighted by Crippen LogP contribution is 2.29. The van der Waals surface area contributed by atoms with Gasteiger partial charge in [-0.05, 0) is 54.0 Å². The van der Waals surface area contributed by atoms with Gasteiger partial charge >= 0.3 is 12.1 Å². The number of benzene rings is 2. The first kappa shape index (κ1) is 24.9. The summed E-state index contributed by atoms with van der Waals surface area (Å²) in [5.41, 5.74) is 3.37. The maximum Gasteiger partial charge on any atom is 0.409 e. The van der Waals surface area contributed by atoms with Crippen molar-refractivity contribution in [3.63, 3.8) is 0 Å². The van der Waals surface area contributed by atoms with E-state index in [2.05, 4.69) is 5.32 Å². The molecule has 1 heterocycles. The van der Waals surface area contributed by atoms with Crippen LogP contribution in [0.1, 0.15) is 38.8 Å². The van der Waals surface area contributed by atoms with Crippen LogP contribution in [-0.4, -0.2) is 43.4 Å². The predicted octanol–water partition coefficient (Wildman–Crippen LogP) is 4.80. The summed E-state index contributed by atoms with van der Waals surface area (Å²) >= 11 is 0. The fourth-order valence-corrected chi connectivity index (χ4v) is 3.75. The zero-order valence-corrected chi connectivity index (χ0v) is 19.2. The lowest BCUT2D eigenvalue weighted by atomic mass is 10.0. The van der Waals surface area contributed by atoms with Crippen molar-refractivity contribution >= 4 is 22.8 Å². The fourth-order valence-electron chi connectivity index (χ4n) is 3.75. The summed E-state index contributed by atoms with van der Waals surface area (Å²) in [5.74, 6) is -0.404. The lowest BCUT2D eigenvalue weighted by Gasteiger charge is -2.10. The van der Waals surface area contributed by atoms with Gasteiger partial charge in [-0.3, -0.25) is 4.79 Å². The molecule has 0 saturated heterocycles. The summed E-state index contributed by atoms with van der Waals surface area (Å²) in [7, 11) is 4.70. The van der Waals surface area contributed by atoms with E-state index in [-0.39, 0.29) is 18.2 Å². The molecule has 0 aliphatic carbocycles. The number of aromatic nitrogens is 1. The number of hydrogen-bond acceptors (Lipinski definition) is 4. The van der Waals surface area contributed by atoms with Crippen LogP contribution in [0.2, 0.25) is 0 Å². The Bertz CT molecular complexity index is 1260. The molecular weight excluding hydrogens is 449 g/mol. The number of nitrogens with zero attached hydrogens (tertiary/aromatic N) is 1. The topological polar surface area (TPSA) is 69.6 Å². The highest BCUT2D eigenvalue weighted by atomic mass is 19.4. The van der Waals surface area contributed by atoms with Gasteiger partial charge in [0, 0.05) is 48.8 Å². The van der Waals surface area contributed by atoms with Gasteiger partial charge in [0.05, 0.1) is 19.8 Å². The molecule has 0 saturated carbocycles. The number of rotatable bonds is 7. The Morgan fingerprint density at radius 2 is 1.76 bits per heavy atom. The Morgan fingerprint density at radius 3 is 2.41 bits per heavy atom. The average Bonchev–Trinajstić information content (AvgIpc) is 3.10. The van der Waals surface area contributed by atoms with Gasteiger partial charge in [-0.1, -0.05) is 6.07 Å². The van der Waals surface area contributed by atoms with Crippen LogP contribution < -0.4 is 10.1 Å². The predicted molar refractivity (Wildman–Crippen MR) is 122 cm³/mol. The zero-order valence-electron chi connectivity index (χ0n) is 19.2. The van der Waals surface area contributed by atoms with Crippen molar-refractivity contribution in [2.24, 2.45) is 7.05 Å². The molecule has 180 valence electrons. The summed E-state index contributed by atoms with van der Waals surface area (Å²) in [6.07, 6.45) is -1.84. The van der Waals surface area contributed by atoms with Crippen LogP contribution in [0, 0.1) is 0 Å². The van der Waals surface area contributed by atoms with E-state index < -0.39 is 18.1 Å². The van der Waals surface area contributed by atoms with Gasteiger partial charge in [0.25, 0.3) is 5.91 Å². The first-order valence-electron chi connectivity index (χ1n) is 10.4. The smallest absolute Gasteiger partial charge is 0.409 e. The highest BCUT2D eigenvalue weighted by molar-refractivity contribution is 5.99. The van der Waals surface area contributed by atoms with Crippen molar-refractivity contribution in [3.05, 3.63) is 76.5 Å². The van der Waals surface area contributed by atoms with Crippen molar-refractivity contribution < 1.29 is 32.2 Å². The first-order chi connectivity index (χ1) is 16.0.